The Morgan fingerprint density at radius 2 is 1.94 bits per heavy atom. The zero-order valence-electron chi connectivity index (χ0n) is 17.5. The summed E-state index contributed by atoms with van der Waals surface area (Å²) in [7, 11) is 0. The maximum Gasteiger partial charge on any atom is 0.233 e. The number of para-hydroxylation sites is 1. The number of imidazole rings is 1. The molecule has 1 N–H and O–H groups in total. The third kappa shape index (κ3) is 4.14. The van der Waals surface area contributed by atoms with E-state index < -0.39 is 0 Å². The summed E-state index contributed by atoms with van der Waals surface area (Å²) in [5.41, 5.74) is 4.54. The highest BCUT2D eigenvalue weighted by Gasteiger charge is 2.24. The molecule has 2 aromatic carbocycles. The van der Waals surface area contributed by atoms with Crippen molar-refractivity contribution < 1.29 is 14.3 Å². The Morgan fingerprint density at radius 1 is 1.13 bits per heavy atom. The van der Waals surface area contributed by atoms with Gasteiger partial charge in [-0.05, 0) is 62.4 Å². The molecule has 0 saturated heterocycles. The highest BCUT2D eigenvalue weighted by Crippen LogP contribution is 2.34. The molecule has 2 aliphatic rings. The van der Waals surface area contributed by atoms with Crippen LogP contribution < -0.4 is 14.8 Å². The maximum atomic E-state index is 12.8. The van der Waals surface area contributed by atoms with Crippen LogP contribution in [0.2, 0.25) is 0 Å². The molecular formula is C24H25N3O3S. The molecule has 0 saturated carbocycles. The number of fused-ring (bicyclic) bond motifs is 2. The number of rotatable bonds is 6. The van der Waals surface area contributed by atoms with Gasteiger partial charge in [-0.15, -0.1) is 0 Å². The number of thioether (sulfide) groups is 1. The van der Waals surface area contributed by atoms with Gasteiger partial charge < -0.3 is 14.8 Å². The highest BCUT2D eigenvalue weighted by molar-refractivity contribution is 8.00. The molecule has 1 aromatic heterocycles. The van der Waals surface area contributed by atoms with Crippen LogP contribution in [-0.2, 0) is 24.2 Å². The second-order valence-electron chi connectivity index (χ2n) is 7.83. The van der Waals surface area contributed by atoms with Gasteiger partial charge in [-0.1, -0.05) is 36.0 Å². The topological polar surface area (TPSA) is 65.4 Å². The Balaban J connectivity index is 1.30. The number of aryl methyl sites for hydroxylation is 1. The van der Waals surface area contributed by atoms with E-state index in [9.17, 15) is 4.79 Å². The first kappa shape index (κ1) is 20.0. The normalized spacial score (nSPS) is 15.4. The van der Waals surface area contributed by atoms with Crippen LogP contribution in [-0.4, -0.2) is 27.5 Å². The number of nitrogens with zero attached hydrogens (tertiary/aromatic N) is 2. The van der Waals surface area contributed by atoms with Crippen molar-refractivity contribution in [3.8, 4) is 17.2 Å². The van der Waals surface area contributed by atoms with Crippen molar-refractivity contribution >= 4 is 17.7 Å². The monoisotopic (exact) mass is 435 g/mol. The van der Waals surface area contributed by atoms with E-state index in [0.717, 1.165) is 40.7 Å². The number of nitrogens with one attached hydrogen (secondary N) is 1. The van der Waals surface area contributed by atoms with Crippen molar-refractivity contribution in [3.63, 3.8) is 0 Å². The summed E-state index contributed by atoms with van der Waals surface area (Å²) < 4.78 is 13.0. The van der Waals surface area contributed by atoms with E-state index in [1.165, 1.54) is 36.0 Å². The highest BCUT2D eigenvalue weighted by atomic mass is 32.2. The molecule has 1 unspecified atom stereocenters. The van der Waals surface area contributed by atoms with Crippen molar-refractivity contribution in [2.75, 3.05) is 6.79 Å². The molecule has 5 rings (SSSR count). The average molecular weight is 436 g/mol. The summed E-state index contributed by atoms with van der Waals surface area (Å²) in [4.78, 5) is 17.7. The SMILES string of the molecule is CC(Sc1nc2c(n1-c1ccccc1)CCCC2)C(=O)NCc1ccc2c(c1)OCO2. The van der Waals surface area contributed by atoms with E-state index in [4.69, 9.17) is 14.5 Å². The number of aromatic nitrogens is 2. The van der Waals surface area contributed by atoms with Crippen molar-refractivity contribution in [3.05, 3.63) is 65.5 Å². The van der Waals surface area contributed by atoms with Gasteiger partial charge in [0.1, 0.15) is 0 Å². The Morgan fingerprint density at radius 3 is 2.81 bits per heavy atom. The van der Waals surface area contributed by atoms with Gasteiger partial charge in [-0.25, -0.2) is 4.98 Å². The Labute approximate surface area is 186 Å². The lowest BCUT2D eigenvalue weighted by Crippen LogP contribution is -2.30. The minimum atomic E-state index is -0.264. The molecule has 1 aliphatic carbocycles. The van der Waals surface area contributed by atoms with Crippen molar-refractivity contribution in [2.24, 2.45) is 0 Å². The second-order valence-corrected chi connectivity index (χ2v) is 9.14. The fourth-order valence-electron chi connectivity index (χ4n) is 4.03. The van der Waals surface area contributed by atoms with E-state index in [1.807, 2.05) is 43.3 Å². The standard InChI is InChI=1S/C24H25N3O3S/c1-16(23(28)25-14-17-11-12-21-22(13-17)30-15-29-21)31-24-26-19-9-5-6-10-20(19)27(24)18-7-3-2-4-8-18/h2-4,7-8,11-13,16H,5-6,9-10,14-15H2,1H3,(H,25,28). The number of benzene rings is 2. The molecule has 1 amide bonds. The summed E-state index contributed by atoms with van der Waals surface area (Å²) in [6.07, 6.45) is 4.39. The molecule has 0 fully saturated rings. The summed E-state index contributed by atoms with van der Waals surface area (Å²) in [6, 6.07) is 16.0. The van der Waals surface area contributed by atoms with Crippen LogP contribution >= 0.6 is 11.8 Å². The van der Waals surface area contributed by atoms with Crippen molar-refractivity contribution in [1.29, 1.82) is 0 Å². The van der Waals surface area contributed by atoms with Crippen LogP contribution in [0, 0.1) is 0 Å². The smallest absolute Gasteiger partial charge is 0.233 e. The molecule has 3 aromatic rings. The van der Waals surface area contributed by atoms with Crippen molar-refractivity contribution in [1.82, 2.24) is 14.9 Å². The first-order valence-electron chi connectivity index (χ1n) is 10.7. The lowest BCUT2D eigenvalue weighted by molar-refractivity contribution is -0.120. The number of carbonyl (C=O) groups is 1. The molecule has 1 atom stereocenters. The zero-order chi connectivity index (χ0) is 21.2. The first-order chi connectivity index (χ1) is 15.2. The molecule has 7 heteroatoms. The summed E-state index contributed by atoms with van der Waals surface area (Å²) in [6.45, 7) is 2.63. The van der Waals surface area contributed by atoms with Crippen LogP contribution in [0.25, 0.3) is 5.69 Å². The Bertz CT molecular complexity index is 1100. The minimum absolute atomic E-state index is 0.0109. The predicted octanol–water partition coefficient (Wildman–Crippen LogP) is 4.28. The van der Waals surface area contributed by atoms with Gasteiger partial charge in [0, 0.05) is 17.9 Å². The van der Waals surface area contributed by atoms with Gasteiger partial charge in [-0.3, -0.25) is 9.36 Å². The van der Waals surface area contributed by atoms with E-state index in [-0.39, 0.29) is 18.0 Å². The molecule has 0 spiro atoms. The lowest BCUT2D eigenvalue weighted by Gasteiger charge is -2.16. The van der Waals surface area contributed by atoms with Crippen LogP contribution in [0.3, 0.4) is 0 Å². The number of ether oxygens (including phenoxy) is 2. The van der Waals surface area contributed by atoms with Gasteiger partial charge in [-0.2, -0.15) is 0 Å². The van der Waals surface area contributed by atoms with Gasteiger partial charge in [0.25, 0.3) is 0 Å². The van der Waals surface area contributed by atoms with E-state index in [0.29, 0.717) is 6.54 Å². The molecule has 0 bridgehead atoms. The van der Waals surface area contributed by atoms with Crippen LogP contribution in [0.5, 0.6) is 11.5 Å². The third-order valence-corrected chi connectivity index (χ3v) is 6.72. The molecule has 31 heavy (non-hydrogen) atoms. The predicted molar refractivity (Wildman–Crippen MR) is 120 cm³/mol. The van der Waals surface area contributed by atoms with Crippen LogP contribution in [0.4, 0.5) is 0 Å². The van der Waals surface area contributed by atoms with Gasteiger partial charge in [0.2, 0.25) is 12.7 Å². The summed E-state index contributed by atoms with van der Waals surface area (Å²) in [5, 5.41) is 3.67. The summed E-state index contributed by atoms with van der Waals surface area (Å²) >= 11 is 1.52. The number of hydrogen-bond acceptors (Lipinski definition) is 5. The third-order valence-electron chi connectivity index (χ3n) is 5.67. The Hall–Kier alpha value is -2.93. The maximum absolute atomic E-state index is 12.8. The lowest BCUT2D eigenvalue weighted by atomic mass is 10.0. The average Bonchev–Trinajstić information content (AvgIpc) is 3.41. The molecule has 160 valence electrons. The largest absolute Gasteiger partial charge is 0.454 e. The number of carbonyl (C=O) groups excluding carboxylic acids is 1. The summed E-state index contributed by atoms with van der Waals surface area (Å²) in [5.74, 6) is 1.46. The molecular weight excluding hydrogens is 410 g/mol. The molecule has 2 heterocycles. The molecule has 1 aliphatic heterocycles. The van der Waals surface area contributed by atoms with Gasteiger partial charge in [0.15, 0.2) is 16.7 Å². The molecule has 0 radical (unpaired) electrons. The zero-order valence-corrected chi connectivity index (χ0v) is 18.3. The second kappa shape index (κ2) is 8.67. The fraction of sp³-hybridized carbons (Fsp3) is 0.333. The van der Waals surface area contributed by atoms with E-state index in [1.54, 1.807) is 0 Å². The van der Waals surface area contributed by atoms with E-state index >= 15 is 0 Å². The van der Waals surface area contributed by atoms with Crippen LogP contribution in [0.15, 0.2) is 53.7 Å². The van der Waals surface area contributed by atoms with E-state index in [2.05, 4.69) is 22.0 Å². The molecule has 6 nitrogen and oxygen atoms in total. The van der Waals surface area contributed by atoms with Gasteiger partial charge >= 0.3 is 0 Å². The minimum Gasteiger partial charge on any atom is -0.454 e. The van der Waals surface area contributed by atoms with Crippen LogP contribution in [0.1, 0.15) is 36.7 Å². The van der Waals surface area contributed by atoms with Crippen molar-refractivity contribution in [2.45, 2.75) is 49.6 Å². The number of amides is 1. The van der Waals surface area contributed by atoms with Gasteiger partial charge in [0.05, 0.1) is 10.9 Å². The number of hydrogen-bond donors (Lipinski definition) is 1. The fourth-order valence-corrected chi connectivity index (χ4v) is 5.02. The Kier molecular flexibility index (Phi) is 5.59. The quantitative estimate of drug-likeness (QED) is 0.586. The first-order valence-corrected chi connectivity index (χ1v) is 11.6.